The number of hydrogen-bond acceptors (Lipinski definition) is 6. The predicted octanol–water partition coefficient (Wildman–Crippen LogP) is 1.51. The Morgan fingerprint density at radius 3 is 2.54 bits per heavy atom. The van der Waals surface area contributed by atoms with E-state index in [-0.39, 0.29) is 23.0 Å². The van der Waals surface area contributed by atoms with Gasteiger partial charge in [0.2, 0.25) is 0 Å². The van der Waals surface area contributed by atoms with Crippen molar-refractivity contribution in [1.29, 1.82) is 5.26 Å². The van der Waals surface area contributed by atoms with Crippen LogP contribution in [0.4, 0.5) is 13.2 Å². The molecule has 0 aliphatic carbocycles. The zero-order chi connectivity index (χ0) is 17.5. The molecule has 0 aliphatic rings. The minimum Gasteiger partial charge on any atom is -0.386 e. The Labute approximate surface area is 131 Å². The fourth-order valence-electron chi connectivity index (χ4n) is 1.89. The molecule has 11 heteroatoms. The van der Waals surface area contributed by atoms with E-state index in [0.717, 1.165) is 10.9 Å². The lowest BCUT2D eigenvalue weighted by Crippen LogP contribution is -2.14. The minimum absolute atomic E-state index is 0.147. The highest BCUT2D eigenvalue weighted by atomic mass is 19.4. The van der Waals surface area contributed by atoms with Crippen molar-refractivity contribution in [1.82, 2.24) is 24.5 Å². The summed E-state index contributed by atoms with van der Waals surface area (Å²) < 4.78 is 45.8. The van der Waals surface area contributed by atoms with E-state index in [1.165, 1.54) is 19.2 Å². The number of halogens is 3. The number of alkyl halides is 3. The second-order valence-electron chi connectivity index (χ2n) is 4.64. The van der Waals surface area contributed by atoms with E-state index in [1.807, 2.05) is 6.07 Å². The summed E-state index contributed by atoms with van der Waals surface area (Å²) in [7, 11) is 1.29. The Hall–Kier alpha value is -3.42. The molecule has 0 atom stereocenters. The van der Waals surface area contributed by atoms with Gasteiger partial charge in [-0.1, -0.05) is 0 Å². The maximum absolute atomic E-state index is 13.2. The highest BCUT2D eigenvalue weighted by Crippen LogP contribution is 2.33. The second kappa shape index (κ2) is 5.34. The predicted molar refractivity (Wildman–Crippen MR) is 71.8 cm³/mol. The van der Waals surface area contributed by atoms with Gasteiger partial charge in [0.15, 0.2) is 17.2 Å². The molecule has 0 aromatic carbocycles. The molecule has 3 heterocycles. The van der Waals surface area contributed by atoms with Crippen molar-refractivity contribution < 1.29 is 17.6 Å². The van der Waals surface area contributed by atoms with Crippen LogP contribution in [0.2, 0.25) is 0 Å². The van der Waals surface area contributed by atoms with Crippen LogP contribution in [0.3, 0.4) is 0 Å². The topological polar surface area (TPSA) is 103 Å². The molecule has 0 saturated heterocycles. The normalized spacial score (nSPS) is 11.5. The fourth-order valence-corrected chi connectivity index (χ4v) is 1.89. The Morgan fingerprint density at radius 1 is 1.29 bits per heavy atom. The van der Waals surface area contributed by atoms with Crippen molar-refractivity contribution in [3.8, 4) is 23.5 Å². The summed E-state index contributed by atoms with van der Waals surface area (Å²) in [5.74, 6) is -1.32. The van der Waals surface area contributed by atoms with E-state index in [2.05, 4.69) is 15.2 Å². The van der Waals surface area contributed by atoms with Gasteiger partial charge in [-0.3, -0.25) is 0 Å². The van der Waals surface area contributed by atoms with Gasteiger partial charge >= 0.3 is 11.9 Å². The SMILES string of the molecule is Cn1nc(-c2cc(C(F)(F)F)n(-c3ccc(C#N)cn3)n2)oc1=O. The van der Waals surface area contributed by atoms with Crippen molar-refractivity contribution in [3.05, 3.63) is 46.2 Å². The van der Waals surface area contributed by atoms with Crippen molar-refractivity contribution in [2.24, 2.45) is 7.05 Å². The molecule has 0 spiro atoms. The third-order valence-electron chi connectivity index (χ3n) is 3.00. The van der Waals surface area contributed by atoms with Crippen LogP contribution >= 0.6 is 0 Å². The third-order valence-corrected chi connectivity index (χ3v) is 3.00. The maximum Gasteiger partial charge on any atom is 0.437 e. The molecule has 24 heavy (non-hydrogen) atoms. The fraction of sp³-hybridized carbons (Fsp3) is 0.154. The molecule has 0 amide bonds. The molecule has 0 aliphatic heterocycles. The first-order chi connectivity index (χ1) is 11.3. The standard InChI is InChI=1S/C13H7F3N6O2/c1-21-12(23)24-11(20-21)8-4-9(13(14,15)16)22(19-8)10-3-2-7(5-17)6-18-10/h2-4,6H,1H3. The lowest BCUT2D eigenvalue weighted by Gasteiger charge is -2.08. The van der Waals surface area contributed by atoms with Gasteiger partial charge in [0.25, 0.3) is 5.89 Å². The number of aromatic nitrogens is 5. The van der Waals surface area contributed by atoms with Crippen LogP contribution in [0, 0.1) is 11.3 Å². The van der Waals surface area contributed by atoms with Gasteiger partial charge in [0, 0.05) is 19.3 Å². The number of pyridine rings is 1. The van der Waals surface area contributed by atoms with Crippen LogP contribution in [0.1, 0.15) is 11.3 Å². The van der Waals surface area contributed by atoms with E-state index in [9.17, 15) is 18.0 Å². The summed E-state index contributed by atoms with van der Waals surface area (Å²) in [5.41, 5.74) is -1.20. The summed E-state index contributed by atoms with van der Waals surface area (Å²) in [6.07, 6.45) is -3.60. The molecule has 0 saturated carbocycles. The molecule has 0 bridgehead atoms. The van der Waals surface area contributed by atoms with Gasteiger partial charge in [0.1, 0.15) is 6.07 Å². The third kappa shape index (κ3) is 2.65. The van der Waals surface area contributed by atoms with Crippen molar-refractivity contribution >= 4 is 0 Å². The molecule has 3 aromatic heterocycles. The van der Waals surface area contributed by atoms with Crippen molar-refractivity contribution in [2.45, 2.75) is 6.18 Å². The molecule has 8 nitrogen and oxygen atoms in total. The average Bonchev–Trinajstić information content (AvgIpc) is 3.12. The van der Waals surface area contributed by atoms with Gasteiger partial charge in [-0.05, 0) is 12.1 Å². The molecular formula is C13H7F3N6O2. The lowest BCUT2D eigenvalue weighted by molar-refractivity contribution is -0.142. The zero-order valence-corrected chi connectivity index (χ0v) is 11.9. The molecule has 0 N–H and O–H groups in total. The molecule has 3 aromatic rings. The Bertz CT molecular complexity index is 991. The monoisotopic (exact) mass is 336 g/mol. The largest absolute Gasteiger partial charge is 0.437 e. The average molecular weight is 336 g/mol. The summed E-state index contributed by atoms with van der Waals surface area (Å²) in [4.78, 5) is 15.1. The van der Waals surface area contributed by atoms with Gasteiger partial charge in [-0.2, -0.15) is 28.2 Å². The summed E-state index contributed by atoms with van der Waals surface area (Å²) >= 11 is 0. The first-order valence-electron chi connectivity index (χ1n) is 6.38. The summed E-state index contributed by atoms with van der Waals surface area (Å²) in [5, 5.41) is 16.2. The van der Waals surface area contributed by atoms with Crippen LogP contribution in [-0.4, -0.2) is 24.5 Å². The first-order valence-corrected chi connectivity index (χ1v) is 6.38. The first kappa shape index (κ1) is 15.5. The van der Waals surface area contributed by atoms with E-state index >= 15 is 0 Å². The number of nitriles is 1. The second-order valence-corrected chi connectivity index (χ2v) is 4.64. The Morgan fingerprint density at radius 2 is 2.04 bits per heavy atom. The van der Waals surface area contributed by atoms with Crippen molar-refractivity contribution in [2.75, 3.05) is 0 Å². The zero-order valence-electron chi connectivity index (χ0n) is 11.9. The molecular weight excluding hydrogens is 329 g/mol. The van der Waals surface area contributed by atoms with Crippen LogP contribution in [0.5, 0.6) is 0 Å². The van der Waals surface area contributed by atoms with Crippen molar-refractivity contribution in [3.63, 3.8) is 0 Å². The number of aryl methyl sites for hydroxylation is 1. The van der Waals surface area contributed by atoms with E-state index in [4.69, 9.17) is 9.68 Å². The van der Waals surface area contributed by atoms with Gasteiger partial charge < -0.3 is 4.42 Å². The van der Waals surface area contributed by atoms with E-state index < -0.39 is 17.6 Å². The van der Waals surface area contributed by atoms with Crippen LogP contribution in [-0.2, 0) is 13.2 Å². The molecule has 0 fully saturated rings. The molecule has 0 radical (unpaired) electrons. The number of hydrogen-bond donors (Lipinski definition) is 0. The van der Waals surface area contributed by atoms with Gasteiger partial charge in [0.05, 0.1) is 5.56 Å². The number of nitrogens with zero attached hydrogens (tertiary/aromatic N) is 6. The molecule has 122 valence electrons. The summed E-state index contributed by atoms with van der Waals surface area (Å²) in [6.45, 7) is 0. The quantitative estimate of drug-likeness (QED) is 0.703. The van der Waals surface area contributed by atoms with Gasteiger partial charge in [-0.15, -0.1) is 5.10 Å². The van der Waals surface area contributed by atoms with Crippen LogP contribution in [0.15, 0.2) is 33.6 Å². The smallest absolute Gasteiger partial charge is 0.386 e. The van der Waals surface area contributed by atoms with Crippen LogP contribution < -0.4 is 5.76 Å². The Balaban J connectivity index is 2.17. The lowest BCUT2D eigenvalue weighted by atomic mass is 10.3. The summed E-state index contributed by atoms with van der Waals surface area (Å²) in [6, 6.07) is 5.04. The number of rotatable bonds is 2. The maximum atomic E-state index is 13.2. The highest BCUT2D eigenvalue weighted by molar-refractivity contribution is 5.49. The van der Waals surface area contributed by atoms with Crippen LogP contribution in [0.25, 0.3) is 17.4 Å². The molecule has 0 unspecified atom stereocenters. The molecule has 3 rings (SSSR count). The minimum atomic E-state index is -4.73. The van der Waals surface area contributed by atoms with E-state index in [1.54, 1.807) is 0 Å². The van der Waals surface area contributed by atoms with Gasteiger partial charge in [-0.25, -0.2) is 14.5 Å². The Kier molecular flexibility index (Phi) is 3.44. The highest BCUT2D eigenvalue weighted by Gasteiger charge is 2.37. The van der Waals surface area contributed by atoms with E-state index in [0.29, 0.717) is 10.7 Å².